The molecule has 1 fully saturated rings. The van der Waals surface area contributed by atoms with Crippen molar-refractivity contribution in [3.8, 4) is 0 Å². The van der Waals surface area contributed by atoms with Crippen molar-refractivity contribution in [1.82, 2.24) is 10.2 Å². The Bertz CT molecular complexity index is 1340. The van der Waals surface area contributed by atoms with Crippen LogP contribution < -0.4 is 15.5 Å². The van der Waals surface area contributed by atoms with E-state index in [1.807, 2.05) is 18.7 Å². The molecule has 7 nitrogen and oxygen atoms in total. The Kier molecular flexibility index (Phi) is 9.47. The predicted octanol–water partition coefficient (Wildman–Crippen LogP) is 5.23. The highest BCUT2D eigenvalue weighted by Crippen LogP contribution is 2.27. The van der Waals surface area contributed by atoms with E-state index < -0.39 is 11.7 Å². The minimum atomic E-state index is -0.442. The molecular weight excluding hydrogens is 514 g/mol. The minimum absolute atomic E-state index is 0.132. The Morgan fingerprint density at radius 3 is 2.17 bits per heavy atom. The van der Waals surface area contributed by atoms with Crippen molar-refractivity contribution in [2.75, 3.05) is 36.4 Å². The zero-order valence-electron chi connectivity index (χ0n) is 22.8. The average molecular weight is 549 g/mol. The lowest BCUT2D eigenvalue weighted by atomic mass is 10.1. The van der Waals surface area contributed by atoms with Crippen molar-refractivity contribution < 1.29 is 23.2 Å². The van der Waals surface area contributed by atoms with Gasteiger partial charge in [-0.1, -0.05) is 26.0 Å². The first-order chi connectivity index (χ1) is 19.2. The van der Waals surface area contributed by atoms with Crippen LogP contribution in [0.1, 0.15) is 53.0 Å². The van der Waals surface area contributed by atoms with Crippen LogP contribution in [0.25, 0.3) is 0 Å². The molecule has 0 unspecified atom stereocenters. The van der Waals surface area contributed by atoms with Crippen molar-refractivity contribution >= 4 is 29.1 Å². The number of hydrogen-bond acceptors (Lipinski definition) is 4. The highest BCUT2D eigenvalue weighted by Gasteiger charge is 2.23. The Morgan fingerprint density at radius 2 is 1.50 bits per heavy atom. The first-order valence-corrected chi connectivity index (χ1v) is 13.5. The van der Waals surface area contributed by atoms with Crippen LogP contribution >= 0.6 is 0 Å². The Hall–Kier alpha value is -4.27. The second-order valence-electron chi connectivity index (χ2n) is 10.3. The van der Waals surface area contributed by atoms with E-state index >= 15 is 0 Å². The number of halogens is 2. The standard InChI is InChI=1S/C31H34F2N4O3/c1-21(2)18-29(38)37-15-3-14-36(16-17-37)28-13-12-26(35-30(39)23-6-10-25(33)11-7-23)19-27(28)31(40)34-20-22-4-8-24(32)9-5-22/h4-13,19,21H,3,14-18,20H2,1-2H3,(H,34,40)(H,35,39). The third-order valence-corrected chi connectivity index (χ3v) is 6.74. The van der Waals surface area contributed by atoms with Gasteiger partial charge >= 0.3 is 0 Å². The fourth-order valence-electron chi connectivity index (χ4n) is 4.64. The van der Waals surface area contributed by atoms with Gasteiger partial charge in [-0.3, -0.25) is 14.4 Å². The van der Waals surface area contributed by atoms with E-state index in [9.17, 15) is 23.2 Å². The molecule has 4 rings (SSSR count). The van der Waals surface area contributed by atoms with Crippen molar-refractivity contribution in [1.29, 1.82) is 0 Å². The van der Waals surface area contributed by atoms with Gasteiger partial charge in [0.2, 0.25) is 5.91 Å². The Balaban J connectivity index is 1.56. The van der Waals surface area contributed by atoms with Crippen LogP contribution in [-0.4, -0.2) is 48.8 Å². The summed E-state index contributed by atoms with van der Waals surface area (Å²) < 4.78 is 26.6. The normalized spacial score (nSPS) is 13.6. The molecule has 0 spiro atoms. The van der Waals surface area contributed by atoms with Crippen molar-refractivity contribution in [2.45, 2.75) is 33.2 Å². The lowest BCUT2D eigenvalue weighted by Crippen LogP contribution is -2.36. The van der Waals surface area contributed by atoms with E-state index in [4.69, 9.17) is 0 Å². The summed E-state index contributed by atoms with van der Waals surface area (Å²) in [5.41, 5.74) is 2.49. The first-order valence-electron chi connectivity index (χ1n) is 13.5. The summed E-state index contributed by atoms with van der Waals surface area (Å²) in [6.07, 6.45) is 1.25. The van der Waals surface area contributed by atoms with Gasteiger partial charge in [-0.2, -0.15) is 0 Å². The molecule has 1 heterocycles. The molecule has 1 aliphatic rings. The van der Waals surface area contributed by atoms with E-state index in [0.29, 0.717) is 49.5 Å². The highest BCUT2D eigenvalue weighted by atomic mass is 19.1. The zero-order valence-corrected chi connectivity index (χ0v) is 22.8. The molecule has 1 aliphatic heterocycles. The van der Waals surface area contributed by atoms with Crippen LogP contribution in [0, 0.1) is 17.6 Å². The molecule has 2 N–H and O–H groups in total. The average Bonchev–Trinajstić information content (AvgIpc) is 3.19. The van der Waals surface area contributed by atoms with Crippen LogP contribution in [0.4, 0.5) is 20.2 Å². The number of anilines is 2. The van der Waals surface area contributed by atoms with Crippen molar-refractivity contribution in [2.24, 2.45) is 5.92 Å². The molecule has 9 heteroatoms. The summed E-state index contributed by atoms with van der Waals surface area (Å²) in [5, 5.41) is 5.67. The second-order valence-corrected chi connectivity index (χ2v) is 10.3. The first kappa shape index (κ1) is 28.7. The maximum atomic E-state index is 13.4. The molecular formula is C31H34F2N4O3. The maximum Gasteiger partial charge on any atom is 0.255 e. The largest absolute Gasteiger partial charge is 0.369 e. The van der Waals surface area contributed by atoms with Gasteiger partial charge in [-0.05, 0) is 72.5 Å². The van der Waals surface area contributed by atoms with E-state index in [1.165, 1.54) is 36.4 Å². The van der Waals surface area contributed by atoms with Gasteiger partial charge in [0, 0.05) is 56.1 Å². The second kappa shape index (κ2) is 13.2. The summed E-state index contributed by atoms with van der Waals surface area (Å²) in [6.45, 7) is 6.66. The SMILES string of the molecule is CC(C)CC(=O)N1CCCN(c2ccc(NC(=O)c3ccc(F)cc3)cc2C(=O)NCc2ccc(F)cc2)CC1. The molecule has 0 radical (unpaired) electrons. The van der Waals surface area contributed by atoms with E-state index in [-0.39, 0.29) is 35.7 Å². The lowest BCUT2D eigenvalue weighted by Gasteiger charge is -2.26. The van der Waals surface area contributed by atoms with E-state index in [1.54, 1.807) is 30.3 Å². The van der Waals surface area contributed by atoms with Gasteiger partial charge in [0.15, 0.2) is 0 Å². The maximum absolute atomic E-state index is 13.4. The fourth-order valence-corrected chi connectivity index (χ4v) is 4.64. The van der Waals surface area contributed by atoms with Crippen LogP contribution in [0.2, 0.25) is 0 Å². The van der Waals surface area contributed by atoms with Crippen LogP contribution in [0.5, 0.6) is 0 Å². The molecule has 0 aliphatic carbocycles. The van der Waals surface area contributed by atoms with Crippen molar-refractivity contribution in [3.63, 3.8) is 0 Å². The van der Waals surface area contributed by atoms with E-state index in [2.05, 4.69) is 15.5 Å². The summed E-state index contributed by atoms with van der Waals surface area (Å²) >= 11 is 0. The molecule has 0 bridgehead atoms. The number of rotatable bonds is 8. The van der Waals surface area contributed by atoms with Gasteiger partial charge in [-0.25, -0.2) is 8.78 Å². The van der Waals surface area contributed by atoms with Gasteiger partial charge < -0.3 is 20.4 Å². The number of amides is 3. The monoisotopic (exact) mass is 548 g/mol. The molecule has 3 aromatic carbocycles. The Labute approximate surface area is 233 Å². The number of carbonyl (C=O) groups is 3. The van der Waals surface area contributed by atoms with Gasteiger partial charge in [0.1, 0.15) is 11.6 Å². The van der Waals surface area contributed by atoms with Gasteiger partial charge in [-0.15, -0.1) is 0 Å². The number of benzene rings is 3. The Morgan fingerprint density at radius 1 is 0.825 bits per heavy atom. The van der Waals surface area contributed by atoms with Crippen LogP contribution in [0.3, 0.4) is 0 Å². The summed E-state index contributed by atoms with van der Waals surface area (Å²) in [4.78, 5) is 42.8. The number of nitrogens with zero attached hydrogens (tertiary/aromatic N) is 2. The molecule has 210 valence electrons. The van der Waals surface area contributed by atoms with Crippen LogP contribution in [0.15, 0.2) is 66.7 Å². The summed E-state index contributed by atoms with van der Waals surface area (Å²) in [6, 6.07) is 16.2. The summed E-state index contributed by atoms with van der Waals surface area (Å²) in [7, 11) is 0. The molecule has 40 heavy (non-hydrogen) atoms. The highest BCUT2D eigenvalue weighted by molar-refractivity contribution is 6.06. The number of carbonyl (C=O) groups excluding carboxylic acids is 3. The fraction of sp³-hybridized carbons (Fsp3) is 0.323. The third kappa shape index (κ3) is 7.65. The topological polar surface area (TPSA) is 81.8 Å². The third-order valence-electron chi connectivity index (χ3n) is 6.74. The zero-order chi connectivity index (χ0) is 28.6. The van der Waals surface area contributed by atoms with E-state index in [0.717, 1.165) is 12.0 Å². The number of hydrogen-bond donors (Lipinski definition) is 2. The van der Waals surface area contributed by atoms with Gasteiger partial charge in [0.05, 0.1) is 5.56 Å². The molecule has 1 saturated heterocycles. The molecule has 0 atom stereocenters. The van der Waals surface area contributed by atoms with Crippen molar-refractivity contribution in [3.05, 3.63) is 95.1 Å². The quantitative estimate of drug-likeness (QED) is 0.404. The van der Waals surface area contributed by atoms with Gasteiger partial charge in [0.25, 0.3) is 11.8 Å². The number of nitrogens with one attached hydrogen (secondary N) is 2. The lowest BCUT2D eigenvalue weighted by molar-refractivity contribution is -0.131. The molecule has 0 aromatic heterocycles. The molecule has 3 aromatic rings. The smallest absolute Gasteiger partial charge is 0.255 e. The predicted molar refractivity (Wildman–Crippen MR) is 151 cm³/mol. The van der Waals surface area contributed by atoms with Crippen LogP contribution in [-0.2, 0) is 11.3 Å². The summed E-state index contributed by atoms with van der Waals surface area (Å²) in [5.74, 6) is -1.17. The minimum Gasteiger partial charge on any atom is -0.369 e. The molecule has 3 amide bonds. The molecule has 0 saturated carbocycles.